The van der Waals surface area contributed by atoms with E-state index >= 15 is 0 Å². The highest BCUT2D eigenvalue weighted by Crippen LogP contribution is 2.23. The van der Waals surface area contributed by atoms with E-state index in [1.807, 2.05) is 0 Å². The molecule has 1 aromatic carbocycles. The molecule has 6 heteroatoms. The van der Waals surface area contributed by atoms with Gasteiger partial charge in [-0.25, -0.2) is 8.78 Å². The fraction of sp³-hybridized carbons (Fsp3) is 0.364. The highest BCUT2D eigenvalue weighted by atomic mass is 79.9. The van der Waals surface area contributed by atoms with Gasteiger partial charge >= 0.3 is 0 Å². The molecule has 1 aromatic rings. The summed E-state index contributed by atoms with van der Waals surface area (Å²) in [5.41, 5.74) is 5.51. The van der Waals surface area contributed by atoms with E-state index in [0.717, 1.165) is 6.07 Å². The third-order valence-corrected chi connectivity index (χ3v) is 2.90. The van der Waals surface area contributed by atoms with Crippen molar-refractivity contribution in [2.45, 2.75) is 19.9 Å². The molecule has 0 unspecified atom stereocenters. The van der Waals surface area contributed by atoms with Crippen LogP contribution in [0.2, 0.25) is 0 Å². The molecule has 0 bridgehead atoms. The summed E-state index contributed by atoms with van der Waals surface area (Å²) in [4.78, 5) is 11.6. The third-order valence-electron chi connectivity index (χ3n) is 2.29. The van der Waals surface area contributed by atoms with Crippen LogP contribution >= 0.6 is 15.9 Å². The number of hydrogen-bond acceptors (Lipinski definition) is 2. The van der Waals surface area contributed by atoms with Crippen LogP contribution < -0.4 is 11.1 Å². The van der Waals surface area contributed by atoms with Crippen molar-refractivity contribution < 1.29 is 13.6 Å². The number of rotatable bonds is 3. The van der Waals surface area contributed by atoms with Gasteiger partial charge in [-0.1, -0.05) is 13.8 Å². The molecule has 0 spiro atoms. The molecular formula is C11H13BrF2N2O. The molecular weight excluding hydrogens is 294 g/mol. The molecule has 3 nitrogen and oxygen atoms in total. The largest absolute Gasteiger partial charge is 0.322 e. The lowest BCUT2D eigenvalue weighted by Gasteiger charge is -2.15. The summed E-state index contributed by atoms with van der Waals surface area (Å²) >= 11 is 2.91. The second kappa shape index (κ2) is 5.55. The van der Waals surface area contributed by atoms with Crippen molar-refractivity contribution in [3.05, 3.63) is 28.2 Å². The van der Waals surface area contributed by atoms with Gasteiger partial charge in [0.2, 0.25) is 5.91 Å². The van der Waals surface area contributed by atoms with Crippen LogP contribution in [0.3, 0.4) is 0 Å². The van der Waals surface area contributed by atoms with Crippen molar-refractivity contribution in [2.24, 2.45) is 11.7 Å². The fourth-order valence-electron chi connectivity index (χ4n) is 1.14. The molecule has 0 aliphatic heterocycles. The minimum absolute atomic E-state index is 0.0676. The number of benzene rings is 1. The number of nitrogens with one attached hydrogen (secondary N) is 1. The van der Waals surface area contributed by atoms with E-state index in [0.29, 0.717) is 6.07 Å². The van der Waals surface area contributed by atoms with Crippen LogP contribution in [-0.2, 0) is 4.79 Å². The molecule has 3 N–H and O–H groups in total. The summed E-state index contributed by atoms with van der Waals surface area (Å²) in [5, 5.41) is 2.32. The Bertz CT molecular complexity index is 438. The van der Waals surface area contributed by atoms with Crippen LogP contribution in [0.15, 0.2) is 16.6 Å². The van der Waals surface area contributed by atoms with Gasteiger partial charge in [-0.2, -0.15) is 0 Å². The standard InChI is InChI=1S/C11H13BrF2N2O/c1-5(2)10(15)11(17)16-9-3-6(12)7(13)4-8(9)14/h3-5,10H,15H2,1-2H3,(H,16,17)/t10-/m0/s1. The molecule has 0 saturated heterocycles. The van der Waals surface area contributed by atoms with Crippen molar-refractivity contribution in [1.82, 2.24) is 0 Å². The highest BCUT2D eigenvalue weighted by molar-refractivity contribution is 9.10. The Morgan fingerprint density at radius 2 is 1.94 bits per heavy atom. The summed E-state index contributed by atoms with van der Waals surface area (Å²) in [6.45, 7) is 3.56. The zero-order chi connectivity index (χ0) is 13.2. The second-order valence-corrected chi connectivity index (χ2v) is 4.86. The predicted octanol–water partition coefficient (Wildman–Crippen LogP) is 2.65. The van der Waals surface area contributed by atoms with E-state index in [4.69, 9.17) is 5.73 Å². The molecule has 0 saturated carbocycles. The molecule has 0 aliphatic carbocycles. The van der Waals surface area contributed by atoms with Gasteiger partial charge in [-0.05, 0) is 27.9 Å². The smallest absolute Gasteiger partial charge is 0.241 e. The van der Waals surface area contributed by atoms with Crippen molar-refractivity contribution in [1.29, 1.82) is 0 Å². The van der Waals surface area contributed by atoms with E-state index in [9.17, 15) is 13.6 Å². The minimum atomic E-state index is -0.838. The lowest BCUT2D eigenvalue weighted by Crippen LogP contribution is -2.39. The molecule has 0 radical (unpaired) electrons. The van der Waals surface area contributed by atoms with Crippen molar-refractivity contribution in [3.63, 3.8) is 0 Å². The quantitative estimate of drug-likeness (QED) is 0.844. The summed E-state index contributed by atoms with van der Waals surface area (Å²) in [6, 6.07) is 1.12. The summed E-state index contributed by atoms with van der Waals surface area (Å²) in [7, 11) is 0. The summed E-state index contributed by atoms with van der Waals surface area (Å²) in [5.74, 6) is -2.14. The van der Waals surface area contributed by atoms with Gasteiger partial charge in [0, 0.05) is 6.07 Å². The highest BCUT2D eigenvalue weighted by Gasteiger charge is 2.19. The number of amides is 1. The van der Waals surface area contributed by atoms with Crippen LogP contribution in [0.1, 0.15) is 13.8 Å². The molecule has 0 aliphatic rings. The van der Waals surface area contributed by atoms with Gasteiger partial charge in [0.1, 0.15) is 11.6 Å². The maximum absolute atomic E-state index is 13.3. The molecule has 94 valence electrons. The van der Waals surface area contributed by atoms with Crippen LogP contribution in [0.25, 0.3) is 0 Å². The first-order valence-corrected chi connectivity index (χ1v) is 5.83. The summed E-state index contributed by atoms with van der Waals surface area (Å²) in [6.07, 6.45) is 0. The Balaban J connectivity index is 2.89. The van der Waals surface area contributed by atoms with Gasteiger partial charge in [0.05, 0.1) is 16.2 Å². The molecule has 0 heterocycles. The molecule has 17 heavy (non-hydrogen) atoms. The van der Waals surface area contributed by atoms with Crippen LogP contribution in [-0.4, -0.2) is 11.9 Å². The number of halogens is 3. The topological polar surface area (TPSA) is 55.1 Å². The minimum Gasteiger partial charge on any atom is -0.322 e. The Morgan fingerprint density at radius 3 is 2.47 bits per heavy atom. The van der Waals surface area contributed by atoms with Crippen LogP contribution in [0.5, 0.6) is 0 Å². The SMILES string of the molecule is CC(C)[C@H](N)C(=O)Nc1cc(Br)c(F)cc1F. The van der Waals surface area contributed by atoms with E-state index in [2.05, 4.69) is 21.2 Å². The summed E-state index contributed by atoms with van der Waals surface area (Å²) < 4.78 is 26.4. The first-order chi connectivity index (χ1) is 7.82. The van der Waals surface area contributed by atoms with Gasteiger partial charge in [-0.15, -0.1) is 0 Å². The van der Waals surface area contributed by atoms with E-state index in [1.54, 1.807) is 13.8 Å². The third kappa shape index (κ3) is 3.47. The monoisotopic (exact) mass is 306 g/mol. The van der Waals surface area contributed by atoms with Crippen LogP contribution in [0, 0.1) is 17.6 Å². The number of carbonyl (C=O) groups excluding carboxylic acids is 1. The van der Waals surface area contributed by atoms with Gasteiger partial charge in [-0.3, -0.25) is 4.79 Å². The number of hydrogen-bond donors (Lipinski definition) is 2. The van der Waals surface area contributed by atoms with Crippen molar-refractivity contribution >= 4 is 27.5 Å². The first kappa shape index (κ1) is 14.1. The zero-order valence-electron chi connectivity index (χ0n) is 9.43. The maximum Gasteiger partial charge on any atom is 0.241 e. The zero-order valence-corrected chi connectivity index (χ0v) is 11.0. The number of anilines is 1. The van der Waals surface area contributed by atoms with Gasteiger partial charge in [0.15, 0.2) is 0 Å². The maximum atomic E-state index is 13.3. The average Bonchev–Trinajstić information content (AvgIpc) is 2.24. The predicted molar refractivity (Wildman–Crippen MR) is 65.5 cm³/mol. The van der Waals surface area contributed by atoms with E-state index in [1.165, 1.54) is 0 Å². The normalized spacial score (nSPS) is 12.6. The molecule has 0 aromatic heterocycles. The van der Waals surface area contributed by atoms with Crippen LogP contribution in [0.4, 0.5) is 14.5 Å². The lowest BCUT2D eigenvalue weighted by atomic mass is 10.0. The lowest BCUT2D eigenvalue weighted by molar-refractivity contribution is -0.118. The Labute approximate surface area is 107 Å². The van der Waals surface area contributed by atoms with Crippen molar-refractivity contribution in [2.75, 3.05) is 5.32 Å². The van der Waals surface area contributed by atoms with Crippen molar-refractivity contribution in [3.8, 4) is 0 Å². The Hall–Kier alpha value is -1.01. The fourth-order valence-corrected chi connectivity index (χ4v) is 1.48. The molecule has 1 amide bonds. The van der Waals surface area contributed by atoms with E-state index < -0.39 is 23.6 Å². The first-order valence-electron chi connectivity index (χ1n) is 5.04. The van der Waals surface area contributed by atoms with Gasteiger partial charge in [0.25, 0.3) is 0 Å². The molecule has 0 fully saturated rings. The second-order valence-electron chi connectivity index (χ2n) is 4.01. The Morgan fingerprint density at radius 1 is 1.35 bits per heavy atom. The van der Waals surface area contributed by atoms with Gasteiger partial charge < -0.3 is 11.1 Å². The Kier molecular flexibility index (Phi) is 4.59. The molecule has 1 atom stereocenters. The average molecular weight is 307 g/mol. The van der Waals surface area contributed by atoms with E-state index in [-0.39, 0.29) is 16.1 Å². The number of carbonyl (C=O) groups is 1. The molecule has 1 rings (SSSR count). The number of nitrogens with two attached hydrogens (primary N) is 1.